The number of fused-ring (bicyclic) bond motifs is 8. The van der Waals surface area contributed by atoms with Crippen LogP contribution in [0.1, 0.15) is 0 Å². The van der Waals surface area contributed by atoms with E-state index in [0.717, 1.165) is 50.1 Å². The summed E-state index contributed by atoms with van der Waals surface area (Å²) in [5.41, 5.74) is 12.1. The van der Waals surface area contributed by atoms with E-state index in [4.69, 9.17) is 4.42 Å². The third-order valence-corrected chi connectivity index (χ3v) is 11.2. The second kappa shape index (κ2) is 13.2. The van der Waals surface area contributed by atoms with Gasteiger partial charge in [0.2, 0.25) is 0 Å². The van der Waals surface area contributed by atoms with Crippen molar-refractivity contribution < 1.29 is 4.42 Å². The summed E-state index contributed by atoms with van der Waals surface area (Å²) in [7, 11) is 0. The highest BCUT2D eigenvalue weighted by molar-refractivity contribution is 6.22. The molecule has 0 aliphatic heterocycles. The predicted octanol–water partition coefficient (Wildman–Crippen LogP) is 15.5. The molecule has 0 bridgehead atoms. The molecule has 262 valence electrons. The van der Waals surface area contributed by atoms with Gasteiger partial charge in [0.1, 0.15) is 11.2 Å². The summed E-state index contributed by atoms with van der Waals surface area (Å²) in [6.07, 6.45) is 0. The molecule has 0 aliphatic carbocycles. The number of anilines is 3. The molecule has 0 amide bonds. The lowest BCUT2D eigenvalue weighted by Gasteiger charge is -2.26. The number of para-hydroxylation sites is 2. The van der Waals surface area contributed by atoms with E-state index in [1.807, 2.05) is 6.07 Å². The number of rotatable bonds is 6. The summed E-state index contributed by atoms with van der Waals surface area (Å²) in [4.78, 5) is 2.36. The number of benzene rings is 10. The van der Waals surface area contributed by atoms with Crippen LogP contribution in [-0.4, -0.2) is 0 Å². The molecule has 0 fully saturated rings. The van der Waals surface area contributed by atoms with Gasteiger partial charge >= 0.3 is 0 Å². The zero-order valence-corrected chi connectivity index (χ0v) is 30.6. The lowest BCUT2D eigenvalue weighted by Crippen LogP contribution is -2.09. The zero-order chi connectivity index (χ0) is 37.0. The average molecular weight is 714 g/mol. The van der Waals surface area contributed by atoms with Crippen LogP contribution in [0.4, 0.5) is 17.1 Å². The van der Waals surface area contributed by atoms with Gasteiger partial charge in [0.25, 0.3) is 0 Å². The fourth-order valence-electron chi connectivity index (χ4n) is 8.51. The van der Waals surface area contributed by atoms with E-state index in [2.05, 4.69) is 211 Å². The minimum Gasteiger partial charge on any atom is -0.456 e. The van der Waals surface area contributed by atoms with Crippen LogP contribution in [0.5, 0.6) is 0 Å². The van der Waals surface area contributed by atoms with E-state index in [-0.39, 0.29) is 0 Å². The minimum absolute atomic E-state index is 0.892. The number of furan rings is 1. The Morgan fingerprint density at radius 3 is 1.71 bits per heavy atom. The molecule has 10 aromatic carbocycles. The fourth-order valence-corrected chi connectivity index (χ4v) is 8.51. The summed E-state index contributed by atoms with van der Waals surface area (Å²) in [5, 5.41) is 9.68. The Balaban J connectivity index is 1.08. The largest absolute Gasteiger partial charge is 0.456 e. The first kappa shape index (κ1) is 32.0. The van der Waals surface area contributed by atoms with E-state index >= 15 is 0 Å². The lowest BCUT2D eigenvalue weighted by molar-refractivity contribution is 0.669. The molecule has 0 saturated carbocycles. The Bertz CT molecular complexity index is 3230. The average Bonchev–Trinajstić information content (AvgIpc) is 3.66. The van der Waals surface area contributed by atoms with Crippen LogP contribution in [0.25, 0.3) is 87.6 Å². The highest BCUT2D eigenvalue weighted by Crippen LogP contribution is 2.44. The van der Waals surface area contributed by atoms with Gasteiger partial charge in [-0.15, -0.1) is 0 Å². The molecule has 1 aromatic heterocycles. The van der Waals surface area contributed by atoms with Gasteiger partial charge in [-0.2, -0.15) is 0 Å². The quantitative estimate of drug-likeness (QED) is 0.160. The van der Waals surface area contributed by atoms with Gasteiger partial charge in [0, 0.05) is 27.8 Å². The summed E-state index contributed by atoms with van der Waals surface area (Å²) in [6, 6.07) is 76.5. The molecule has 0 atom stereocenters. The van der Waals surface area contributed by atoms with Crippen molar-refractivity contribution in [2.75, 3.05) is 4.90 Å². The normalized spacial score (nSPS) is 11.6. The van der Waals surface area contributed by atoms with Crippen molar-refractivity contribution >= 4 is 71.3 Å². The van der Waals surface area contributed by atoms with Gasteiger partial charge in [-0.05, 0) is 126 Å². The molecule has 11 rings (SSSR count). The number of hydrogen-bond acceptors (Lipinski definition) is 2. The highest BCUT2D eigenvalue weighted by atomic mass is 16.3. The topological polar surface area (TPSA) is 16.4 Å². The zero-order valence-electron chi connectivity index (χ0n) is 30.6. The third kappa shape index (κ3) is 5.42. The predicted molar refractivity (Wildman–Crippen MR) is 237 cm³/mol. The van der Waals surface area contributed by atoms with Gasteiger partial charge in [0.05, 0.1) is 0 Å². The van der Waals surface area contributed by atoms with Crippen molar-refractivity contribution in [2.45, 2.75) is 0 Å². The number of nitrogens with zero attached hydrogens (tertiary/aromatic N) is 1. The summed E-state index contributed by atoms with van der Waals surface area (Å²) in [6.45, 7) is 0. The second-order valence-electron chi connectivity index (χ2n) is 14.5. The molecule has 0 radical (unpaired) electrons. The Morgan fingerprint density at radius 2 is 0.875 bits per heavy atom. The van der Waals surface area contributed by atoms with Crippen LogP contribution in [0, 0.1) is 0 Å². The Kier molecular flexibility index (Phi) is 7.53. The molecule has 0 spiro atoms. The maximum absolute atomic E-state index is 6.54. The SMILES string of the molecule is c1ccc(-c2cccc(-c3cc4oc5ccccc5c4c4ccc(N(c5ccccc5)c5ccc(-c6ccc7ccc8ccccc8c7c6)cc5)cc34)c2)cc1. The Morgan fingerprint density at radius 1 is 0.286 bits per heavy atom. The highest BCUT2D eigenvalue weighted by Gasteiger charge is 2.19. The van der Waals surface area contributed by atoms with Gasteiger partial charge < -0.3 is 9.32 Å². The smallest absolute Gasteiger partial charge is 0.136 e. The standard InChI is InChI=1S/C54H35NO/c1-3-12-36(13-4-1)40-15-11-16-42(32-40)50-35-53-54(48-20-9-10-21-52(48)56-53)47-31-30-45(34-51(47)50)55(43-17-5-2-6-18-43)44-28-26-37(27-29-44)41-25-24-39-23-22-38-14-7-8-19-46(38)49(39)33-41/h1-35H. The third-order valence-electron chi connectivity index (χ3n) is 11.2. The van der Waals surface area contributed by atoms with E-state index in [0.29, 0.717) is 0 Å². The maximum Gasteiger partial charge on any atom is 0.136 e. The van der Waals surface area contributed by atoms with E-state index < -0.39 is 0 Å². The molecule has 0 aliphatic rings. The van der Waals surface area contributed by atoms with Crippen molar-refractivity contribution in [2.24, 2.45) is 0 Å². The summed E-state index contributed by atoms with van der Waals surface area (Å²) in [5.74, 6) is 0. The molecule has 1 heterocycles. The molecule has 11 aromatic rings. The van der Waals surface area contributed by atoms with Crippen molar-refractivity contribution in [1.82, 2.24) is 0 Å². The Hall–Kier alpha value is -7.42. The van der Waals surface area contributed by atoms with Crippen molar-refractivity contribution in [1.29, 1.82) is 0 Å². The van der Waals surface area contributed by atoms with Crippen molar-refractivity contribution in [3.63, 3.8) is 0 Å². The van der Waals surface area contributed by atoms with E-state index in [1.54, 1.807) is 0 Å². The molecule has 56 heavy (non-hydrogen) atoms. The van der Waals surface area contributed by atoms with Crippen LogP contribution in [0.2, 0.25) is 0 Å². The maximum atomic E-state index is 6.54. The lowest BCUT2D eigenvalue weighted by atomic mass is 9.92. The van der Waals surface area contributed by atoms with Crippen molar-refractivity contribution in [3.05, 3.63) is 212 Å². The van der Waals surface area contributed by atoms with Crippen LogP contribution < -0.4 is 4.90 Å². The first-order valence-corrected chi connectivity index (χ1v) is 19.2. The first-order valence-electron chi connectivity index (χ1n) is 19.2. The molecular weight excluding hydrogens is 679 g/mol. The second-order valence-corrected chi connectivity index (χ2v) is 14.5. The van der Waals surface area contributed by atoms with E-state index in [9.17, 15) is 0 Å². The fraction of sp³-hybridized carbons (Fsp3) is 0. The van der Waals surface area contributed by atoms with Crippen molar-refractivity contribution in [3.8, 4) is 33.4 Å². The summed E-state index contributed by atoms with van der Waals surface area (Å²) < 4.78 is 6.54. The van der Waals surface area contributed by atoms with Crippen LogP contribution >= 0.6 is 0 Å². The molecule has 0 unspecified atom stereocenters. The molecule has 0 saturated heterocycles. The van der Waals surface area contributed by atoms with Crippen LogP contribution in [-0.2, 0) is 0 Å². The van der Waals surface area contributed by atoms with Gasteiger partial charge in [-0.1, -0.05) is 152 Å². The monoisotopic (exact) mass is 713 g/mol. The molecule has 0 N–H and O–H groups in total. The Labute approximate surface area is 325 Å². The van der Waals surface area contributed by atoms with Gasteiger partial charge in [-0.25, -0.2) is 0 Å². The van der Waals surface area contributed by atoms with Gasteiger partial charge in [-0.3, -0.25) is 0 Å². The van der Waals surface area contributed by atoms with Crippen LogP contribution in [0.3, 0.4) is 0 Å². The van der Waals surface area contributed by atoms with Crippen LogP contribution in [0.15, 0.2) is 217 Å². The minimum atomic E-state index is 0.892. The van der Waals surface area contributed by atoms with E-state index in [1.165, 1.54) is 54.6 Å². The number of hydrogen-bond donors (Lipinski definition) is 0. The molecular formula is C54H35NO. The molecule has 2 nitrogen and oxygen atoms in total. The first-order chi connectivity index (χ1) is 27.7. The van der Waals surface area contributed by atoms with Gasteiger partial charge in [0.15, 0.2) is 0 Å². The summed E-state index contributed by atoms with van der Waals surface area (Å²) >= 11 is 0. The molecule has 2 heteroatoms.